The Hall–Kier alpha value is -3.00. The number of carbonyl (C=O) groups excluding carboxylic acids is 3. The van der Waals surface area contributed by atoms with E-state index < -0.39 is 33.7 Å². The Morgan fingerprint density at radius 1 is 1.03 bits per heavy atom. The number of sulfone groups is 1. The van der Waals surface area contributed by atoms with E-state index in [1.165, 1.54) is 12.1 Å². The monoisotopic (exact) mass is 457 g/mol. The average Bonchev–Trinajstić information content (AvgIpc) is 2.93. The van der Waals surface area contributed by atoms with E-state index >= 15 is 0 Å². The van der Waals surface area contributed by atoms with Crippen molar-refractivity contribution in [3.05, 3.63) is 64.7 Å². The van der Waals surface area contributed by atoms with E-state index in [0.29, 0.717) is 5.75 Å². The lowest BCUT2D eigenvalue weighted by Gasteiger charge is -2.25. The smallest absolute Gasteiger partial charge is 0.334 e. The predicted molar refractivity (Wildman–Crippen MR) is 121 cm³/mol. The summed E-state index contributed by atoms with van der Waals surface area (Å²) in [7, 11) is -3.44. The van der Waals surface area contributed by atoms with Gasteiger partial charge in [0, 0.05) is 6.26 Å². The first-order valence-electron chi connectivity index (χ1n) is 10.3. The molecule has 0 aliphatic carbocycles. The maximum atomic E-state index is 13.1. The summed E-state index contributed by atoms with van der Waals surface area (Å²) in [4.78, 5) is 39.7. The standard InChI is InChI=1S/C24H27NO6S/c1-15-14-16(24(2,3)4)10-11-20(15)31-23(28)19(12-13-32(5,29)30)25-21(26)17-8-6-7-9-18(17)22(25)27/h6-11,14,19H,12-13H2,1-5H3. The molecule has 1 unspecified atom stereocenters. The highest BCUT2D eigenvalue weighted by Gasteiger charge is 2.43. The molecule has 3 rings (SSSR count). The average molecular weight is 458 g/mol. The number of rotatable bonds is 6. The molecule has 2 aromatic rings. The fourth-order valence-corrected chi connectivity index (χ4v) is 4.23. The van der Waals surface area contributed by atoms with Crippen LogP contribution in [0, 0.1) is 6.92 Å². The van der Waals surface area contributed by atoms with Crippen LogP contribution in [0.15, 0.2) is 42.5 Å². The third kappa shape index (κ3) is 4.91. The van der Waals surface area contributed by atoms with Crippen LogP contribution >= 0.6 is 0 Å². The van der Waals surface area contributed by atoms with Crippen molar-refractivity contribution in [1.29, 1.82) is 0 Å². The topological polar surface area (TPSA) is 97.8 Å². The van der Waals surface area contributed by atoms with Gasteiger partial charge in [-0.3, -0.25) is 14.5 Å². The largest absolute Gasteiger partial charge is 0.425 e. The van der Waals surface area contributed by atoms with Gasteiger partial charge in [0.15, 0.2) is 0 Å². The Morgan fingerprint density at radius 2 is 1.59 bits per heavy atom. The van der Waals surface area contributed by atoms with Gasteiger partial charge >= 0.3 is 5.97 Å². The highest BCUT2D eigenvalue weighted by molar-refractivity contribution is 7.90. The number of carbonyl (C=O) groups is 3. The third-order valence-electron chi connectivity index (χ3n) is 5.42. The molecule has 8 heteroatoms. The zero-order valence-electron chi connectivity index (χ0n) is 18.8. The zero-order valence-corrected chi connectivity index (χ0v) is 19.7. The Balaban J connectivity index is 1.92. The minimum Gasteiger partial charge on any atom is -0.425 e. The van der Waals surface area contributed by atoms with Crippen LogP contribution < -0.4 is 4.74 Å². The molecule has 0 fully saturated rings. The minimum atomic E-state index is -3.44. The van der Waals surface area contributed by atoms with Crippen LogP contribution in [0.25, 0.3) is 0 Å². The van der Waals surface area contributed by atoms with E-state index in [2.05, 4.69) is 20.8 Å². The molecule has 1 heterocycles. The van der Waals surface area contributed by atoms with E-state index in [4.69, 9.17) is 4.74 Å². The molecule has 7 nitrogen and oxygen atoms in total. The van der Waals surface area contributed by atoms with Crippen molar-refractivity contribution in [2.24, 2.45) is 0 Å². The molecule has 2 amide bonds. The molecule has 1 aliphatic rings. The van der Waals surface area contributed by atoms with Gasteiger partial charge in [-0.25, -0.2) is 13.2 Å². The molecule has 0 N–H and O–H groups in total. The summed E-state index contributed by atoms with van der Waals surface area (Å²) >= 11 is 0. The molecule has 170 valence electrons. The van der Waals surface area contributed by atoms with Gasteiger partial charge in [-0.2, -0.15) is 0 Å². The second kappa shape index (κ2) is 8.50. The number of hydrogen-bond acceptors (Lipinski definition) is 6. The molecule has 0 spiro atoms. The summed E-state index contributed by atoms with van der Waals surface area (Å²) in [5, 5.41) is 0. The van der Waals surface area contributed by atoms with Crippen molar-refractivity contribution < 1.29 is 27.5 Å². The molecular formula is C24H27NO6S. The Kier molecular flexibility index (Phi) is 6.29. The van der Waals surface area contributed by atoms with E-state index in [9.17, 15) is 22.8 Å². The first-order chi connectivity index (χ1) is 14.8. The Bertz CT molecular complexity index is 1160. The number of ether oxygens (including phenoxy) is 1. The maximum Gasteiger partial charge on any atom is 0.334 e. The fraction of sp³-hybridized carbons (Fsp3) is 0.375. The fourth-order valence-electron chi connectivity index (χ4n) is 3.58. The van der Waals surface area contributed by atoms with Gasteiger partial charge in [0.05, 0.1) is 16.9 Å². The number of amides is 2. The van der Waals surface area contributed by atoms with Gasteiger partial charge in [-0.15, -0.1) is 0 Å². The molecule has 0 aromatic heterocycles. The molecule has 1 atom stereocenters. The van der Waals surface area contributed by atoms with E-state index in [1.54, 1.807) is 25.1 Å². The van der Waals surface area contributed by atoms with Crippen LogP contribution in [0.1, 0.15) is 59.0 Å². The molecular weight excluding hydrogens is 430 g/mol. The number of esters is 1. The predicted octanol–water partition coefficient (Wildman–Crippen LogP) is 3.30. The van der Waals surface area contributed by atoms with Crippen LogP contribution in [-0.2, 0) is 20.0 Å². The molecule has 0 radical (unpaired) electrons. The third-order valence-corrected chi connectivity index (χ3v) is 6.40. The van der Waals surface area contributed by atoms with Crippen LogP contribution in [0.3, 0.4) is 0 Å². The van der Waals surface area contributed by atoms with E-state index in [1.807, 2.05) is 12.1 Å². The number of aryl methyl sites for hydroxylation is 1. The molecule has 0 bridgehead atoms. The minimum absolute atomic E-state index is 0.0918. The Labute approximate surface area is 188 Å². The van der Waals surface area contributed by atoms with Crippen molar-refractivity contribution in [2.75, 3.05) is 12.0 Å². The van der Waals surface area contributed by atoms with E-state index in [-0.39, 0.29) is 28.7 Å². The van der Waals surface area contributed by atoms with Gasteiger partial charge in [-0.1, -0.05) is 45.0 Å². The summed E-state index contributed by atoms with van der Waals surface area (Å²) in [6.07, 6.45) is 0.787. The Morgan fingerprint density at radius 3 is 2.06 bits per heavy atom. The first kappa shape index (κ1) is 23.7. The van der Waals surface area contributed by atoms with Crippen molar-refractivity contribution >= 4 is 27.6 Å². The number of benzene rings is 2. The van der Waals surface area contributed by atoms with Crippen LogP contribution in [0.5, 0.6) is 5.75 Å². The second-order valence-electron chi connectivity index (χ2n) is 9.11. The molecule has 32 heavy (non-hydrogen) atoms. The quantitative estimate of drug-likeness (QED) is 0.375. The summed E-state index contributed by atoms with van der Waals surface area (Å²) in [5.41, 5.74) is 2.05. The van der Waals surface area contributed by atoms with Gasteiger partial charge in [-0.05, 0) is 48.1 Å². The molecule has 0 saturated carbocycles. The van der Waals surface area contributed by atoms with Crippen molar-refractivity contribution in [2.45, 2.75) is 45.6 Å². The highest BCUT2D eigenvalue weighted by atomic mass is 32.2. The van der Waals surface area contributed by atoms with Gasteiger partial charge in [0.1, 0.15) is 21.6 Å². The lowest BCUT2D eigenvalue weighted by molar-refractivity contribution is -0.138. The van der Waals surface area contributed by atoms with Crippen molar-refractivity contribution in [1.82, 2.24) is 4.90 Å². The summed E-state index contributed by atoms with van der Waals surface area (Å²) in [6, 6.07) is 10.3. The van der Waals surface area contributed by atoms with E-state index in [0.717, 1.165) is 22.3 Å². The van der Waals surface area contributed by atoms with Gasteiger partial charge in [0.25, 0.3) is 11.8 Å². The maximum absolute atomic E-state index is 13.1. The van der Waals surface area contributed by atoms with Gasteiger partial charge in [0.2, 0.25) is 0 Å². The van der Waals surface area contributed by atoms with Gasteiger partial charge < -0.3 is 4.74 Å². The van der Waals surface area contributed by atoms with Crippen LogP contribution in [0.2, 0.25) is 0 Å². The number of hydrogen-bond donors (Lipinski definition) is 0. The van der Waals surface area contributed by atoms with Crippen LogP contribution in [-0.4, -0.2) is 49.2 Å². The number of imide groups is 1. The second-order valence-corrected chi connectivity index (χ2v) is 11.4. The summed E-state index contributed by atoms with van der Waals surface area (Å²) < 4.78 is 29.1. The lowest BCUT2D eigenvalue weighted by atomic mass is 9.86. The SMILES string of the molecule is Cc1cc(C(C)(C)C)ccc1OC(=O)C(CCS(C)(=O)=O)N1C(=O)c2ccccc2C1=O. The number of nitrogens with zero attached hydrogens (tertiary/aromatic N) is 1. The summed E-state index contributed by atoms with van der Waals surface area (Å²) in [5.74, 6) is -2.21. The zero-order chi connectivity index (χ0) is 23.8. The highest BCUT2D eigenvalue weighted by Crippen LogP contribution is 2.30. The number of fused-ring (bicyclic) bond motifs is 1. The molecule has 1 aliphatic heterocycles. The summed E-state index contributed by atoms with van der Waals surface area (Å²) in [6.45, 7) is 8.00. The van der Waals surface area contributed by atoms with Crippen LogP contribution in [0.4, 0.5) is 0 Å². The molecule has 2 aromatic carbocycles. The van der Waals surface area contributed by atoms with Crippen molar-refractivity contribution in [3.63, 3.8) is 0 Å². The molecule has 0 saturated heterocycles. The first-order valence-corrected chi connectivity index (χ1v) is 12.3. The normalized spacial score (nSPS) is 15.0. The lowest BCUT2D eigenvalue weighted by Crippen LogP contribution is -2.47. The van der Waals surface area contributed by atoms with Crippen molar-refractivity contribution in [3.8, 4) is 5.75 Å².